The number of benzene rings is 2. The summed E-state index contributed by atoms with van der Waals surface area (Å²) in [5.41, 5.74) is 1.05. The Morgan fingerprint density at radius 1 is 1.00 bits per heavy atom. The molecule has 2 rings (SSSR count). The summed E-state index contributed by atoms with van der Waals surface area (Å²) in [6.07, 6.45) is 1.78. The van der Waals surface area contributed by atoms with Crippen molar-refractivity contribution < 1.29 is 4.39 Å². The normalized spacial score (nSPS) is 10.2. The maximum absolute atomic E-state index is 12.8. The van der Waals surface area contributed by atoms with E-state index in [2.05, 4.69) is 6.58 Å². The van der Waals surface area contributed by atoms with Gasteiger partial charge in [0.2, 0.25) is 0 Å². The molecule has 0 saturated carbocycles. The summed E-state index contributed by atoms with van der Waals surface area (Å²) < 4.78 is 12.8. The van der Waals surface area contributed by atoms with Crippen LogP contribution in [-0.4, -0.2) is 0 Å². The van der Waals surface area contributed by atoms with E-state index in [9.17, 15) is 4.39 Å². The summed E-state index contributed by atoms with van der Waals surface area (Å²) in [6.45, 7) is 3.68. The van der Waals surface area contributed by atoms with Gasteiger partial charge in [-0.25, -0.2) is 4.39 Å². The van der Waals surface area contributed by atoms with E-state index < -0.39 is 0 Å². The Hall–Kier alpha value is -1.63. The lowest BCUT2D eigenvalue weighted by Gasteiger charge is -1.99. The predicted molar refractivity (Wildman–Crippen MR) is 54.0 cm³/mol. The Labute approximate surface area is 76.3 Å². The van der Waals surface area contributed by atoms with Gasteiger partial charge >= 0.3 is 0 Å². The quantitative estimate of drug-likeness (QED) is 0.616. The molecular weight excluding hydrogens is 163 g/mol. The van der Waals surface area contributed by atoms with Crippen molar-refractivity contribution in [1.29, 1.82) is 0 Å². The first kappa shape index (κ1) is 7.99. The minimum absolute atomic E-state index is 0.196. The molecule has 0 aromatic heterocycles. The van der Waals surface area contributed by atoms with Crippen molar-refractivity contribution in [3.63, 3.8) is 0 Å². The number of hydrogen-bond acceptors (Lipinski definition) is 0. The lowest BCUT2D eigenvalue weighted by atomic mass is 10.1. The van der Waals surface area contributed by atoms with Crippen molar-refractivity contribution in [1.82, 2.24) is 0 Å². The van der Waals surface area contributed by atoms with Crippen LogP contribution in [0.2, 0.25) is 0 Å². The van der Waals surface area contributed by atoms with Crippen LogP contribution in [0.4, 0.5) is 4.39 Å². The van der Waals surface area contributed by atoms with Crippen LogP contribution in [0.25, 0.3) is 16.8 Å². The van der Waals surface area contributed by atoms with E-state index in [4.69, 9.17) is 0 Å². The van der Waals surface area contributed by atoms with Gasteiger partial charge in [0.15, 0.2) is 0 Å². The highest BCUT2D eigenvalue weighted by Gasteiger charge is 1.95. The minimum Gasteiger partial charge on any atom is -0.207 e. The average Bonchev–Trinajstić information content (AvgIpc) is 2.17. The number of rotatable bonds is 1. The first-order chi connectivity index (χ1) is 6.29. The van der Waals surface area contributed by atoms with Crippen molar-refractivity contribution in [3.05, 3.63) is 54.4 Å². The molecule has 0 N–H and O–H groups in total. The molecule has 0 spiro atoms. The molecular formula is C12H9F. The molecule has 2 aromatic rings. The number of hydrogen-bond donors (Lipinski definition) is 0. The van der Waals surface area contributed by atoms with Gasteiger partial charge < -0.3 is 0 Å². The van der Waals surface area contributed by atoms with Crippen LogP contribution < -0.4 is 0 Å². The third-order valence-corrected chi connectivity index (χ3v) is 2.06. The fraction of sp³-hybridized carbons (Fsp3) is 0. The van der Waals surface area contributed by atoms with Crippen molar-refractivity contribution in [2.24, 2.45) is 0 Å². The Morgan fingerprint density at radius 3 is 2.46 bits per heavy atom. The lowest BCUT2D eigenvalue weighted by Crippen LogP contribution is -1.77. The summed E-state index contributed by atoms with van der Waals surface area (Å²) in [7, 11) is 0. The van der Waals surface area contributed by atoms with Crippen LogP contribution in [0.15, 0.2) is 43.0 Å². The highest BCUT2D eigenvalue weighted by Crippen LogP contribution is 2.17. The Kier molecular flexibility index (Phi) is 1.85. The first-order valence-corrected chi connectivity index (χ1v) is 4.11. The average molecular weight is 172 g/mol. The highest BCUT2D eigenvalue weighted by molar-refractivity contribution is 5.84. The van der Waals surface area contributed by atoms with E-state index >= 15 is 0 Å². The Bertz CT molecular complexity index is 458. The van der Waals surface area contributed by atoms with Gasteiger partial charge in [-0.3, -0.25) is 0 Å². The van der Waals surface area contributed by atoms with Crippen molar-refractivity contribution in [2.45, 2.75) is 0 Å². The van der Waals surface area contributed by atoms with Crippen molar-refractivity contribution in [2.75, 3.05) is 0 Å². The Morgan fingerprint density at radius 2 is 1.69 bits per heavy atom. The lowest BCUT2D eigenvalue weighted by molar-refractivity contribution is 0.630. The third-order valence-electron chi connectivity index (χ3n) is 2.06. The molecule has 13 heavy (non-hydrogen) atoms. The monoisotopic (exact) mass is 172 g/mol. The largest absolute Gasteiger partial charge is 0.207 e. The standard InChI is InChI=1S/C12H9F/c1-2-9-3-4-11-8-12(13)6-5-10(11)7-9/h2-8H,1H2. The second kappa shape index (κ2) is 3.02. The second-order valence-corrected chi connectivity index (χ2v) is 2.96. The first-order valence-electron chi connectivity index (χ1n) is 4.11. The summed E-state index contributed by atoms with van der Waals surface area (Å²) in [5.74, 6) is -0.196. The number of halogens is 1. The van der Waals surface area contributed by atoms with Gasteiger partial charge in [-0.05, 0) is 34.5 Å². The molecule has 0 atom stereocenters. The second-order valence-electron chi connectivity index (χ2n) is 2.96. The molecule has 1 heteroatoms. The topological polar surface area (TPSA) is 0 Å². The van der Waals surface area contributed by atoms with Gasteiger partial charge in [0.05, 0.1) is 0 Å². The molecule has 0 aliphatic rings. The summed E-state index contributed by atoms with van der Waals surface area (Å²) in [6, 6.07) is 10.6. The van der Waals surface area contributed by atoms with Crippen LogP contribution in [0, 0.1) is 5.82 Å². The maximum atomic E-state index is 12.8. The molecule has 0 nitrogen and oxygen atoms in total. The molecule has 0 heterocycles. The van der Waals surface area contributed by atoms with Crippen LogP contribution in [0.3, 0.4) is 0 Å². The molecule has 0 fully saturated rings. The van der Waals surface area contributed by atoms with E-state index in [-0.39, 0.29) is 5.82 Å². The molecule has 64 valence electrons. The van der Waals surface area contributed by atoms with Gasteiger partial charge in [-0.2, -0.15) is 0 Å². The maximum Gasteiger partial charge on any atom is 0.123 e. The van der Waals surface area contributed by atoms with E-state index in [0.717, 1.165) is 16.3 Å². The van der Waals surface area contributed by atoms with Crippen molar-refractivity contribution in [3.8, 4) is 0 Å². The van der Waals surface area contributed by atoms with E-state index in [1.54, 1.807) is 12.1 Å². The highest BCUT2D eigenvalue weighted by atomic mass is 19.1. The molecule has 2 aromatic carbocycles. The molecule has 0 unspecified atom stereocenters. The van der Waals surface area contributed by atoms with Gasteiger partial charge in [0.25, 0.3) is 0 Å². The van der Waals surface area contributed by atoms with E-state index in [1.165, 1.54) is 12.1 Å². The zero-order valence-electron chi connectivity index (χ0n) is 7.13. The van der Waals surface area contributed by atoms with E-state index in [1.807, 2.05) is 18.2 Å². The van der Waals surface area contributed by atoms with Crippen LogP contribution >= 0.6 is 0 Å². The summed E-state index contributed by atoms with van der Waals surface area (Å²) >= 11 is 0. The molecule has 0 saturated heterocycles. The SMILES string of the molecule is C=Cc1ccc2cc(F)ccc2c1. The summed E-state index contributed by atoms with van der Waals surface area (Å²) in [5, 5.41) is 1.96. The molecule has 0 amide bonds. The van der Waals surface area contributed by atoms with Gasteiger partial charge in [-0.15, -0.1) is 0 Å². The van der Waals surface area contributed by atoms with Crippen LogP contribution in [-0.2, 0) is 0 Å². The van der Waals surface area contributed by atoms with Gasteiger partial charge in [0.1, 0.15) is 5.82 Å². The zero-order chi connectivity index (χ0) is 9.26. The van der Waals surface area contributed by atoms with Crippen LogP contribution in [0.5, 0.6) is 0 Å². The third kappa shape index (κ3) is 1.45. The smallest absolute Gasteiger partial charge is 0.123 e. The van der Waals surface area contributed by atoms with Crippen LogP contribution in [0.1, 0.15) is 5.56 Å². The molecule has 0 aliphatic carbocycles. The molecule has 0 bridgehead atoms. The molecule has 0 aliphatic heterocycles. The predicted octanol–water partition coefficient (Wildman–Crippen LogP) is 3.62. The van der Waals surface area contributed by atoms with Crippen molar-refractivity contribution >= 4 is 16.8 Å². The zero-order valence-corrected chi connectivity index (χ0v) is 7.13. The van der Waals surface area contributed by atoms with Gasteiger partial charge in [0, 0.05) is 0 Å². The fourth-order valence-electron chi connectivity index (χ4n) is 1.36. The molecule has 0 radical (unpaired) electrons. The summed E-state index contributed by atoms with van der Waals surface area (Å²) in [4.78, 5) is 0. The minimum atomic E-state index is -0.196. The fourth-order valence-corrected chi connectivity index (χ4v) is 1.36. The Balaban J connectivity index is 2.73. The van der Waals surface area contributed by atoms with E-state index in [0.29, 0.717) is 0 Å². The number of fused-ring (bicyclic) bond motifs is 1. The van der Waals surface area contributed by atoms with Gasteiger partial charge in [-0.1, -0.05) is 30.9 Å².